The zero-order valence-electron chi connectivity index (χ0n) is 25.9. The monoisotopic (exact) mass is 556 g/mol. The summed E-state index contributed by atoms with van der Waals surface area (Å²) in [6, 6.07) is 0. The van der Waals surface area contributed by atoms with E-state index in [-0.39, 0.29) is 59.3 Å². The number of aliphatic hydroxyl groups excluding tert-OH is 1. The van der Waals surface area contributed by atoms with Crippen molar-refractivity contribution in [2.24, 2.45) is 46.8 Å². The van der Waals surface area contributed by atoms with Crippen LogP contribution in [0.15, 0.2) is 35.1 Å². The van der Waals surface area contributed by atoms with Gasteiger partial charge in [-0.2, -0.15) is 0 Å². The highest BCUT2D eigenvalue weighted by molar-refractivity contribution is 6.06. The summed E-state index contributed by atoms with van der Waals surface area (Å²) in [4.78, 5) is 26.4. The lowest BCUT2D eigenvalue weighted by Gasteiger charge is -2.51. The highest BCUT2D eigenvalue weighted by Crippen LogP contribution is 2.63. The van der Waals surface area contributed by atoms with Crippen LogP contribution >= 0.6 is 0 Å². The lowest BCUT2D eigenvalue weighted by atomic mass is 9.54. The van der Waals surface area contributed by atoms with E-state index in [1.165, 1.54) is 5.57 Å². The van der Waals surface area contributed by atoms with Crippen LogP contribution in [0.5, 0.6) is 0 Å². The molecule has 0 aromatic heterocycles. The predicted octanol–water partition coefficient (Wildman–Crippen LogP) is 6.47. The van der Waals surface area contributed by atoms with Gasteiger partial charge in [-0.15, -0.1) is 0 Å². The molecule has 0 radical (unpaired) electrons. The Morgan fingerprint density at radius 1 is 1.23 bits per heavy atom. The lowest BCUT2D eigenvalue weighted by Crippen LogP contribution is -2.50. The Morgan fingerprint density at radius 3 is 2.48 bits per heavy atom. The molecule has 0 aliphatic heterocycles. The van der Waals surface area contributed by atoms with E-state index in [0.29, 0.717) is 29.9 Å². The Hall–Kier alpha value is -1.92. The minimum atomic E-state index is -1.79. The molecule has 0 saturated heterocycles. The van der Waals surface area contributed by atoms with Gasteiger partial charge in [-0.25, -0.2) is 0 Å². The number of allylic oxidation sites excluding steroid dienone is 2. The summed E-state index contributed by atoms with van der Waals surface area (Å²) in [7, 11) is 0. The van der Waals surface area contributed by atoms with Crippen LogP contribution in [0, 0.1) is 46.8 Å². The Labute approximate surface area is 241 Å². The quantitative estimate of drug-likeness (QED) is 0.245. The van der Waals surface area contributed by atoms with E-state index in [4.69, 9.17) is 4.74 Å². The average Bonchev–Trinajstić information content (AvgIpc) is 3.22. The summed E-state index contributed by atoms with van der Waals surface area (Å²) >= 11 is 0. The SMILES string of the molecule is C=C1[C@@H]2C[C@@H]3[C@H](C(C)C)[C@@H](OC(=O)CC(C)(O)CC(C)CC)C[C@@]3(C)C[C@H]2/C(C)=C\C[C@@H]2C(C)=C(O)C(=O)[C@]12O. The molecule has 0 aromatic carbocycles. The Balaban J connectivity index is 1.61. The Bertz CT molecular complexity index is 1110. The third-order valence-electron chi connectivity index (χ3n) is 11.4. The van der Waals surface area contributed by atoms with Gasteiger partial charge in [-0.05, 0) is 99.0 Å². The first-order valence-electron chi connectivity index (χ1n) is 15.4. The van der Waals surface area contributed by atoms with E-state index < -0.39 is 22.9 Å². The van der Waals surface area contributed by atoms with Crippen LogP contribution in [0.4, 0.5) is 0 Å². The van der Waals surface area contributed by atoms with Crippen LogP contribution in [0.2, 0.25) is 0 Å². The number of ketones is 1. The second-order valence-electron chi connectivity index (χ2n) is 14.7. The van der Waals surface area contributed by atoms with Crippen molar-refractivity contribution in [1.29, 1.82) is 0 Å². The third kappa shape index (κ3) is 5.12. The molecule has 40 heavy (non-hydrogen) atoms. The van der Waals surface area contributed by atoms with Crippen molar-refractivity contribution in [1.82, 2.24) is 0 Å². The number of Topliss-reactive ketones (excluding diaryl/α,β-unsaturated/α-hetero) is 1. The summed E-state index contributed by atoms with van der Waals surface area (Å²) in [6.45, 7) is 20.8. The Morgan fingerprint density at radius 2 is 1.88 bits per heavy atom. The number of rotatable bonds is 7. The molecule has 6 nitrogen and oxygen atoms in total. The summed E-state index contributed by atoms with van der Waals surface area (Å²) in [5.74, 6) is -0.864. The van der Waals surface area contributed by atoms with Gasteiger partial charge in [0.2, 0.25) is 5.78 Å². The number of ether oxygens (including phenoxy) is 1. The van der Waals surface area contributed by atoms with E-state index in [9.17, 15) is 24.9 Å². The van der Waals surface area contributed by atoms with Gasteiger partial charge in [0, 0.05) is 11.8 Å². The summed E-state index contributed by atoms with van der Waals surface area (Å²) in [5, 5.41) is 33.3. The van der Waals surface area contributed by atoms with Crippen LogP contribution < -0.4 is 0 Å². The van der Waals surface area contributed by atoms with Crippen LogP contribution in [0.1, 0.15) is 100 Å². The van der Waals surface area contributed by atoms with Crippen molar-refractivity contribution in [2.75, 3.05) is 0 Å². The standard InChI is InChI=1S/C34H52O6/c1-10-19(4)14-33(9,38)17-28(35)40-27-16-32(8)15-24-20(5)11-12-25-21(6)30(36)31(37)34(25,39)22(7)23(24)13-26(32)29(27)18(2)3/h11,18-19,23-27,29,36,38-39H,7,10,12-17H2,1-6,8-9H3/b20-11-/t19?,23-,24-,25+,26+,27-,29-,32+,33?,34-/m0/s1. The molecule has 0 heterocycles. The van der Waals surface area contributed by atoms with E-state index >= 15 is 0 Å². The number of carbonyl (C=O) groups is 2. The molecular weight excluding hydrogens is 504 g/mol. The molecule has 4 rings (SSSR count). The maximum Gasteiger partial charge on any atom is 0.308 e. The number of hydrogen-bond donors (Lipinski definition) is 3. The molecular formula is C34H52O6. The molecule has 0 spiro atoms. The van der Waals surface area contributed by atoms with E-state index in [0.717, 1.165) is 25.7 Å². The van der Waals surface area contributed by atoms with Gasteiger partial charge in [0.1, 0.15) is 6.10 Å². The first-order valence-corrected chi connectivity index (χ1v) is 15.4. The second kappa shape index (κ2) is 10.7. The second-order valence-corrected chi connectivity index (χ2v) is 14.7. The van der Waals surface area contributed by atoms with Crippen molar-refractivity contribution in [2.45, 2.75) is 118 Å². The highest BCUT2D eigenvalue weighted by atomic mass is 16.5. The Kier molecular flexibility index (Phi) is 8.32. The van der Waals surface area contributed by atoms with Crippen LogP contribution in [0.3, 0.4) is 0 Å². The zero-order valence-corrected chi connectivity index (χ0v) is 25.9. The molecule has 2 saturated carbocycles. The summed E-state index contributed by atoms with van der Waals surface area (Å²) in [5.41, 5.74) is -0.670. The maximum absolute atomic E-state index is 13.2. The zero-order chi connectivity index (χ0) is 29.9. The van der Waals surface area contributed by atoms with E-state index in [1.54, 1.807) is 13.8 Å². The van der Waals surface area contributed by atoms with Gasteiger partial charge in [0.25, 0.3) is 0 Å². The number of hydrogen-bond acceptors (Lipinski definition) is 6. The summed E-state index contributed by atoms with van der Waals surface area (Å²) < 4.78 is 6.21. The minimum Gasteiger partial charge on any atom is -0.504 e. The summed E-state index contributed by atoms with van der Waals surface area (Å²) in [6.07, 6.45) is 6.23. The number of esters is 1. The molecule has 0 amide bonds. The van der Waals surface area contributed by atoms with Crippen LogP contribution in [-0.2, 0) is 14.3 Å². The van der Waals surface area contributed by atoms with Gasteiger partial charge >= 0.3 is 5.97 Å². The molecule has 224 valence electrons. The number of aliphatic hydroxyl groups is 3. The smallest absolute Gasteiger partial charge is 0.308 e. The van der Waals surface area contributed by atoms with Crippen molar-refractivity contribution in [3.63, 3.8) is 0 Å². The molecule has 0 bridgehead atoms. The van der Waals surface area contributed by atoms with E-state index in [1.807, 2.05) is 0 Å². The highest BCUT2D eigenvalue weighted by Gasteiger charge is 2.62. The molecule has 2 unspecified atom stereocenters. The lowest BCUT2D eigenvalue weighted by molar-refractivity contribution is -0.157. The van der Waals surface area contributed by atoms with E-state index in [2.05, 4.69) is 54.2 Å². The molecule has 4 aliphatic rings. The van der Waals surface area contributed by atoms with Crippen molar-refractivity contribution < 1.29 is 29.6 Å². The number of carbonyl (C=O) groups excluding carboxylic acids is 2. The van der Waals surface area contributed by atoms with Crippen LogP contribution in [-0.4, -0.2) is 44.4 Å². The van der Waals surface area contributed by atoms with Crippen molar-refractivity contribution >= 4 is 11.8 Å². The molecule has 10 atom stereocenters. The maximum atomic E-state index is 13.2. The predicted molar refractivity (Wildman–Crippen MR) is 156 cm³/mol. The first kappa shape index (κ1) is 31.0. The third-order valence-corrected chi connectivity index (χ3v) is 11.4. The first-order chi connectivity index (χ1) is 18.5. The molecule has 4 aliphatic carbocycles. The number of fused-ring (bicyclic) bond motifs is 3. The minimum absolute atomic E-state index is 0.0175. The van der Waals surface area contributed by atoms with Gasteiger partial charge < -0.3 is 20.1 Å². The van der Waals surface area contributed by atoms with Crippen molar-refractivity contribution in [3.05, 3.63) is 35.1 Å². The van der Waals surface area contributed by atoms with Gasteiger partial charge in [-0.3, -0.25) is 9.59 Å². The van der Waals surface area contributed by atoms with Gasteiger partial charge in [-0.1, -0.05) is 59.3 Å². The molecule has 6 heteroatoms. The largest absolute Gasteiger partial charge is 0.504 e. The normalized spacial score (nSPS) is 41.3. The van der Waals surface area contributed by atoms with Gasteiger partial charge in [0.05, 0.1) is 12.0 Å². The molecule has 3 N–H and O–H groups in total. The average molecular weight is 557 g/mol. The molecule has 0 aromatic rings. The van der Waals surface area contributed by atoms with Crippen molar-refractivity contribution in [3.8, 4) is 0 Å². The fourth-order valence-corrected chi connectivity index (χ4v) is 9.05. The van der Waals surface area contributed by atoms with Gasteiger partial charge in [0.15, 0.2) is 11.4 Å². The van der Waals surface area contributed by atoms with Crippen LogP contribution in [0.25, 0.3) is 0 Å². The molecule has 2 fully saturated rings. The fraction of sp³-hybridized carbons (Fsp3) is 0.765. The topological polar surface area (TPSA) is 104 Å². The fourth-order valence-electron chi connectivity index (χ4n) is 9.05.